The van der Waals surface area contributed by atoms with Crippen molar-refractivity contribution in [1.29, 1.82) is 0 Å². The third-order valence-corrected chi connectivity index (χ3v) is 6.90. The molecule has 0 spiro atoms. The maximum absolute atomic E-state index is 5.53. The first-order chi connectivity index (χ1) is 17.1. The van der Waals surface area contributed by atoms with E-state index in [1.807, 2.05) is 13.0 Å². The van der Waals surface area contributed by atoms with Crippen LogP contribution in [0, 0.1) is 6.92 Å². The molecule has 2 aliphatic rings. The number of piperazine rings is 1. The topological polar surface area (TPSA) is 59.6 Å². The van der Waals surface area contributed by atoms with Crippen LogP contribution in [0.3, 0.4) is 0 Å². The van der Waals surface area contributed by atoms with Crippen LogP contribution in [0.5, 0.6) is 0 Å². The largest absolute Gasteiger partial charge is 0.372 e. The van der Waals surface area contributed by atoms with Gasteiger partial charge in [0.05, 0.1) is 0 Å². The van der Waals surface area contributed by atoms with Crippen molar-refractivity contribution in [2.24, 2.45) is 0 Å². The van der Waals surface area contributed by atoms with Crippen LogP contribution in [0.1, 0.15) is 24.1 Å². The van der Waals surface area contributed by atoms with E-state index in [9.17, 15) is 0 Å². The summed E-state index contributed by atoms with van der Waals surface area (Å²) in [4.78, 5) is 16.5. The Kier molecular flexibility index (Phi) is 7.28. The Morgan fingerprint density at radius 1 is 0.800 bits per heavy atom. The van der Waals surface area contributed by atoms with E-state index in [1.54, 1.807) is 0 Å². The third kappa shape index (κ3) is 6.00. The SMILES string of the molecule is Cc1cc(N2CCN(c3ccccc3)CC2)nc(NC(=S)NCc2ccc(N3CCCC3)cc2)n1. The number of thiocarbonyl (C=S) groups is 1. The summed E-state index contributed by atoms with van der Waals surface area (Å²) in [5.41, 5.74) is 4.69. The molecule has 0 bridgehead atoms. The van der Waals surface area contributed by atoms with Gasteiger partial charge in [-0.15, -0.1) is 0 Å². The first-order valence-electron chi connectivity index (χ1n) is 12.4. The summed E-state index contributed by atoms with van der Waals surface area (Å²) in [6.45, 7) is 8.74. The van der Waals surface area contributed by atoms with Crippen molar-refractivity contribution in [3.63, 3.8) is 0 Å². The number of nitrogens with zero attached hydrogens (tertiary/aromatic N) is 5. The summed E-state index contributed by atoms with van der Waals surface area (Å²) >= 11 is 5.53. The maximum atomic E-state index is 5.53. The van der Waals surface area contributed by atoms with Gasteiger partial charge in [-0.2, -0.15) is 4.98 Å². The monoisotopic (exact) mass is 487 g/mol. The van der Waals surface area contributed by atoms with Gasteiger partial charge >= 0.3 is 0 Å². The zero-order valence-electron chi connectivity index (χ0n) is 20.3. The standard InChI is InChI=1S/C27H33N7S/c1-21-19-25(34-17-15-33(16-18-34)23-7-3-2-4-8-23)30-26(29-21)31-27(35)28-20-22-9-11-24(12-10-22)32-13-5-6-14-32/h2-4,7-12,19H,5-6,13-18,20H2,1H3,(H2,28,29,30,31,35). The van der Waals surface area contributed by atoms with Gasteiger partial charge in [0.1, 0.15) is 5.82 Å². The van der Waals surface area contributed by atoms with Gasteiger partial charge in [0.2, 0.25) is 5.95 Å². The van der Waals surface area contributed by atoms with Gasteiger partial charge in [-0.3, -0.25) is 0 Å². The number of aromatic nitrogens is 2. The van der Waals surface area contributed by atoms with Gasteiger partial charge in [0, 0.05) is 68.9 Å². The van der Waals surface area contributed by atoms with Crippen LogP contribution >= 0.6 is 12.2 Å². The summed E-state index contributed by atoms with van der Waals surface area (Å²) in [6.07, 6.45) is 2.58. The molecule has 3 heterocycles. The summed E-state index contributed by atoms with van der Waals surface area (Å²) in [5.74, 6) is 1.47. The molecule has 2 aliphatic heterocycles. The Morgan fingerprint density at radius 3 is 2.14 bits per heavy atom. The van der Waals surface area contributed by atoms with E-state index in [-0.39, 0.29) is 0 Å². The predicted molar refractivity (Wildman–Crippen MR) is 149 cm³/mol. The van der Waals surface area contributed by atoms with Crippen molar-refractivity contribution in [3.05, 3.63) is 71.9 Å². The summed E-state index contributed by atoms with van der Waals surface area (Å²) in [7, 11) is 0. The lowest BCUT2D eigenvalue weighted by Gasteiger charge is -2.36. The van der Waals surface area contributed by atoms with Crippen molar-refractivity contribution in [2.75, 3.05) is 59.3 Å². The highest BCUT2D eigenvalue weighted by Gasteiger charge is 2.19. The quantitative estimate of drug-likeness (QED) is 0.502. The number of hydrogen-bond acceptors (Lipinski definition) is 6. The predicted octanol–water partition coefficient (Wildman–Crippen LogP) is 4.20. The fraction of sp³-hybridized carbons (Fsp3) is 0.370. The van der Waals surface area contributed by atoms with Crippen molar-refractivity contribution >= 4 is 40.5 Å². The minimum Gasteiger partial charge on any atom is -0.372 e. The molecule has 7 nitrogen and oxygen atoms in total. The number of anilines is 4. The molecule has 0 radical (unpaired) electrons. The van der Waals surface area contributed by atoms with Crippen LogP contribution in [-0.2, 0) is 6.54 Å². The second kappa shape index (κ2) is 10.9. The van der Waals surface area contributed by atoms with Crippen molar-refractivity contribution in [3.8, 4) is 0 Å². The molecule has 0 aliphatic carbocycles. The lowest BCUT2D eigenvalue weighted by Crippen LogP contribution is -2.47. The first-order valence-corrected chi connectivity index (χ1v) is 12.8. The van der Waals surface area contributed by atoms with E-state index in [0.29, 0.717) is 17.6 Å². The molecule has 0 unspecified atom stereocenters. The van der Waals surface area contributed by atoms with Crippen LogP contribution in [0.15, 0.2) is 60.7 Å². The van der Waals surface area contributed by atoms with Gasteiger partial charge in [0.15, 0.2) is 5.11 Å². The van der Waals surface area contributed by atoms with Crippen LogP contribution in [0.2, 0.25) is 0 Å². The first kappa shape index (κ1) is 23.4. The van der Waals surface area contributed by atoms with Gasteiger partial charge in [-0.05, 0) is 61.8 Å². The Balaban J connectivity index is 1.14. The lowest BCUT2D eigenvalue weighted by atomic mass is 10.2. The van der Waals surface area contributed by atoms with E-state index < -0.39 is 0 Å². The fourth-order valence-corrected chi connectivity index (χ4v) is 4.89. The second-order valence-corrected chi connectivity index (χ2v) is 9.58. The molecule has 35 heavy (non-hydrogen) atoms. The molecule has 1 aromatic heterocycles. The molecule has 182 valence electrons. The Bertz CT molecular complexity index is 1120. The number of aryl methyl sites for hydroxylation is 1. The van der Waals surface area contributed by atoms with Crippen LogP contribution in [0.25, 0.3) is 0 Å². The Labute approximate surface area is 213 Å². The van der Waals surface area contributed by atoms with Gasteiger partial charge in [0.25, 0.3) is 0 Å². The second-order valence-electron chi connectivity index (χ2n) is 9.17. The highest BCUT2D eigenvalue weighted by Crippen LogP contribution is 2.22. The van der Waals surface area contributed by atoms with E-state index in [4.69, 9.17) is 17.2 Å². The molecular weight excluding hydrogens is 454 g/mol. The van der Waals surface area contributed by atoms with Crippen molar-refractivity contribution < 1.29 is 0 Å². The number of benzene rings is 2. The van der Waals surface area contributed by atoms with Gasteiger partial charge < -0.3 is 25.3 Å². The molecule has 2 fully saturated rings. The van der Waals surface area contributed by atoms with Crippen LogP contribution in [-0.4, -0.2) is 54.3 Å². The summed E-state index contributed by atoms with van der Waals surface area (Å²) in [6, 6.07) is 21.4. The third-order valence-electron chi connectivity index (χ3n) is 6.65. The molecule has 0 atom stereocenters. The smallest absolute Gasteiger partial charge is 0.231 e. The molecule has 5 rings (SSSR count). The maximum Gasteiger partial charge on any atom is 0.231 e. The zero-order chi connectivity index (χ0) is 24.0. The molecular formula is C27H33N7S. The molecule has 2 N–H and O–H groups in total. The van der Waals surface area contributed by atoms with Gasteiger partial charge in [-0.25, -0.2) is 4.98 Å². The van der Waals surface area contributed by atoms with Gasteiger partial charge in [-0.1, -0.05) is 30.3 Å². The van der Waals surface area contributed by atoms with E-state index >= 15 is 0 Å². The highest BCUT2D eigenvalue weighted by molar-refractivity contribution is 7.80. The minimum absolute atomic E-state index is 0.527. The highest BCUT2D eigenvalue weighted by atomic mass is 32.1. The van der Waals surface area contributed by atoms with Crippen molar-refractivity contribution in [1.82, 2.24) is 15.3 Å². The molecule has 0 saturated carbocycles. The van der Waals surface area contributed by atoms with E-state index in [2.05, 4.69) is 84.9 Å². The van der Waals surface area contributed by atoms with E-state index in [0.717, 1.165) is 50.8 Å². The summed E-state index contributed by atoms with van der Waals surface area (Å²) in [5, 5.41) is 6.99. The minimum atomic E-state index is 0.527. The Morgan fingerprint density at radius 2 is 1.43 bits per heavy atom. The van der Waals surface area contributed by atoms with E-state index in [1.165, 1.54) is 29.8 Å². The average Bonchev–Trinajstić information content (AvgIpc) is 3.43. The molecule has 2 saturated heterocycles. The number of rotatable bonds is 6. The molecule has 2 aromatic carbocycles. The number of nitrogens with one attached hydrogen (secondary N) is 2. The zero-order valence-corrected chi connectivity index (χ0v) is 21.1. The number of para-hydroxylation sites is 1. The van der Waals surface area contributed by atoms with Crippen LogP contribution < -0.4 is 25.3 Å². The molecule has 3 aromatic rings. The molecule has 8 heteroatoms. The van der Waals surface area contributed by atoms with Crippen molar-refractivity contribution in [2.45, 2.75) is 26.3 Å². The summed E-state index contributed by atoms with van der Waals surface area (Å²) < 4.78 is 0. The van der Waals surface area contributed by atoms with Crippen LogP contribution in [0.4, 0.5) is 23.1 Å². The number of hydrogen-bond donors (Lipinski definition) is 2. The molecule has 0 amide bonds. The Hall–Kier alpha value is -3.39. The fourth-order valence-electron chi connectivity index (χ4n) is 4.73. The average molecular weight is 488 g/mol. The normalized spacial score (nSPS) is 15.9. The lowest BCUT2D eigenvalue weighted by molar-refractivity contribution is 0.647.